The highest BCUT2D eigenvalue weighted by Gasteiger charge is 2.28. The third kappa shape index (κ3) is 8.55. The molecule has 5 heteroatoms. The van der Waals surface area contributed by atoms with Gasteiger partial charge in [-0.05, 0) is 46.5 Å². The second kappa shape index (κ2) is 11.3. The van der Waals surface area contributed by atoms with Gasteiger partial charge in [-0.3, -0.25) is 4.79 Å². The molecule has 0 aromatic carbocycles. The molecule has 1 aliphatic carbocycles. The van der Waals surface area contributed by atoms with Crippen LogP contribution < -0.4 is 16.0 Å². The maximum atomic E-state index is 12.1. The summed E-state index contributed by atoms with van der Waals surface area (Å²) in [5.41, 5.74) is 0. The van der Waals surface area contributed by atoms with Gasteiger partial charge < -0.3 is 16.0 Å². The van der Waals surface area contributed by atoms with E-state index in [4.69, 9.17) is 0 Å². The molecule has 0 aliphatic heterocycles. The van der Waals surface area contributed by atoms with Crippen molar-refractivity contribution in [3.05, 3.63) is 0 Å². The summed E-state index contributed by atoms with van der Waals surface area (Å²) in [4.78, 5) is 24.3. The molecule has 3 unspecified atom stereocenters. The van der Waals surface area contributed by atoms with E-state index in [1.165, 1.54) is 19.3 Å². The number of carbonyl (C=O) groups excluding carboxylic acids is 2. The summed E-state index contributed by atoms with van der Waals surface area (Å²) < 4.78 is 0. The van der Waals surface area contributed by atoms with Gasteiger partial charge in [-0.1, -0.05) is 39.0 Å². The standard InChI is InChI=1S/C19H37N3O2/c1-5-6-7-8-10-15(4)21-19(24)22-17-12-9-11-16(13-17)18(23)20-14(2)3/h14-17H,5-13H2,1-4H3,(H,20,23)(H2,21,22,24). The summed E-state index contributed by atoms with van der Waals surface area (Å²) in [6, 6.07) is 0.384. The number of hydrogen-bond acceptors (Lipinski definition) is 2. The van der Waals surface area contributed by atoms with Gasteiger partial charge >= 0.3 is 6.03 Å². The van der Waals surface area contributed by atoms with E-state index >= 15 is 0 Å². The largest absolute Gasteiger partial charge is 0.354 e. The third-order valence-corrected chi connectivity index (χ3v) is 4.68. The normalized spacial score (nSPS) is 22.0. The zero-order valence-corrected chi connectivity index (χ0v) is 16.0. The molecule has 3 atom stereocenters. The van der Waals surface area contributed by atoms with Crippen LogP contribution in [0.5, 0.6) is 0 Å². The first-order chi connectivity index (χ1) is 11.4. The molecule has 24 heavy (non-hydrogen) atoms. The van der Waals surface area contributed by atoms with E-state index in [1.807, 2.05) is 13.8 Å². The van der Waals surface area contributed by atoms with Crippen LogP contribution in [0.2, 0.25) is 0 Å². The molecule has 0 saturated heterocycles. The zero-order chi connectivity index (χ0) is 17.9. The molecule has 0 radical (unpaired) electrons. The first-order valence-corrected chi connectivity index (χ1v) is 9.79. The second-order valence-corrected chi connectivity index (χ2v) is 7.59. The summed E-state index contributed by atoms with van der Waals surface area (Å²) in [5.74, 6) is 0.152. The fourth-order valence-corrected chi connectivity index (χ4v) is 3.36. The number of unbranched alkanes of at least 4 members (excludes halogenated alkanes) is 3. The predicted octanol–water partition coefficient (Wildman–Crippen LogP) is 3.73. The van der Waals surface area contributed by atoms with Crippen LogP contribution in [0.3, 0.4) is 0 Å². The molecule has 3 N–H and O–H groups in total. The van der Waals surface area contributed by atoms with E-state index in [1.54, 1.807) is 0 Å². The Morgan fingerprint density at radius 1 is 1.04 bits per heavy atom. The molecule has 5 nitrogen and oxygen atoms in total. The molecular formula is C19H37N3O2. The molecule has 0 aromatic heterocycles. The maximum Gasteiger partial charge on any atom is 0.315 e. The smallest absolute Gasteiger partial charge is 0.315 e. The number of carbonyl (C=O) groups is 2. The van der Waals surface area contributed by atoms with Gasteiger partial charge in [-0.15, -0.1) is 0 Å². The van der Waals surface area contributed by atoms with E-state index in [-0.39, 0.29) is 36.0 Å². The topological polar surface area (TPSA) is 70.2 Å². The summed E-state index contributed by atoms with van der Waals surface area (Å²) in [7, 11) is 0. The molecule has 0 heterocycles. The number of urea groups is 1. The third-order valence-electron chi connectivity index (χ3n) is 4.68. The molecule has 3 amide bonds. The Morgan fingerprint density at radius 2 is 1.79 bits per heavy atom. The van der Waals surface area contributed by atoms with Crippen LogP contribution in [0.1, 0.15) is 85.5 Å². The van der Waals surface area contributed by atoms with Crippen molar-refractivity contribution in [2.75, 3.05) is 0 Å². The van der Waals surface area contributed by atoms with Crippen molar-refractivity contribution < 1.29 is 9.59 Å². The Kier molecular flexibility index (Phi) is 9.80. The van der Waals surface area contributed by atoms with E-state index in [0.717, 1.165) is 38.5 Å². The van der Waals surface area contributed by atoms with E-state index in [0.29, 0.717) is 0 Å². The molecule has 1 saturated carbocycles. The fourth-order valence-electron chi connectivity index (χ4n) is 3.36. The minimum Gasteiger partial charge on any atom is -0.354 e. The van der Waals surface area contributed by atoms with E-state index < -0.39 is 0 Å². The highest BCUT2D eigenvalue weighted by atomic mass is 16.2. The average Bonchev–Trinajstić information content (AvgIpc) is 2.51. The van der Waals surface area contributed by atoms with Crippen molar-refractivity contribution in [1.29, 1.82) is 0 Å². The summed E-state index contributed by atoms with van der Waals surface area (Å²) in [6.07, 6.45) is 9.55. The van der Waals surface area contributed by atoms with Crippen LogP contribution in [-0.2, 0) is 4.79 Å². The Balaban J connectivity index is 2.29. The Labute approximate surface area is 147 Å². The lowest BCUT2D eigenvalue weighted by Gasteiger charge is -2.30. The number of nitrogens with one attached hydrogen (secondary N) is 3. The lowest BCUT2D eigenvalue weighted by Crippen LogP contribution is -2.48. The van der Waals surface area contributed by atoms with Gasteiger partial charge in [0.15, 0.2) is 0 Å². The number of amides is 3. The molecule has 1 rings (SSSR count). The van der Waals surface area contributed by atoms with Crippen molar-refractivity contribution in [2.45, 2.75) is 104 Å². The van der Waals surface area contributed by atoms with Crippen molar-refractivity contribution in [2.24, 2.45) is 5.92 Å². The zero-order valence-electron chi connectivity index (χ0n) is 16.0. The fraction of sp³-hybridized carbons (Fsp3) is 0.895. The minimum absolute atomic E-state index is 0.0258. The molecule has 0 spiro atoms. The van der Waals surface area contributed by atoms with Crippen LogP contribution in [-0.4, -0.2) is 30.1 Å². The van der Waals surface area contributed by atoms with Crippen LogP contribution in [0.4, 0.5) is 4.79 Å². The molecule has 0 aromatic rings. The van der Waals surface area contributed by atoms with Gasteiger partial charge in [0.05, 0.1) is 0 Å². The van der Waals surface area contributed by atoms with Gasteiger partial charge in [0.1, 0.15) is 0 Å². The molecule has 1 fully saturated rings. The van der Waals surface area contributed by atoms with Gasteiger partial charge in [0.2, 0.25) is 5.91 Å². The summed E-state index contributed by atoms with van der Waals surface area (Å²) in [5, 5.41) is 9.07. The maximum absolute atomic E-state index is 12.1. The van der Waals surface area contributed by atoms with Crippen LogP contribution in [0, 0.1) is 5.92 Å². The quantitative estimate of drug-likeness (QED) is 0.560. The first-order valence-electron chi connectivity index (χ1n) is 9.79. The Bertz CT molecular complexity index is 385. The lowest BCUT2D eigenvalue weighted by molar-refractivity contribution is -0.126. The van der Waals surface area contributed by atoms with Gasteiger partial charge in [0.25, 0.3) is 0 Å². The minimum atomic E-state index is -0.0899. The van der Waals surface area contributed by atoms with Crippen LogP contribution in [0.25, 0.3) is 0 Å². The lowest BCUT2D eigenvalue weighted by atomic mass is 9.85. The van der Waals surface area contributed by atoms with E-state index in [2.05, 4.69) is 29.8 Å². The van der Waals surface area contributed by atoms with Crippen molar-refractivity contribution >= 4 is 11.9 Å². The Morgan fingerprint density at radius 3 is 2.46 bits per heavy atom. The van der Waals surface area contributed by atoms with Gasteiger partial charge in [0, 0.05) is 24.0 Å². The van der Waals surface area contributed by atoms with Crippen LogP contribution >= 0.6 is 0 Å². The molecule has 140 valence electrons. The predicted molar refractivity (Wildman–Crippen MR) is 98.9 cm³/mol. The van der Waals surface area contributed by atoms with Crippen molar-refractivity contribution in [3.63, 3.8) is 0 Å². The summed E-state index contributed by atoms with van der Waals surface area (Å²) >= 11 is 0. The Hall–Kier alpha value is -1.26. The highest BCUT2D eigenvalue weighted by Crippen LogP contribution is 2.24. The second-order valence-electron chi connectivity index (χ2n) is 7.59. The highest BCUT2D eigenvalue weighted by molar-refractivity contribution is 5.79. The summed E-state index contributed by atoms with van der Waals surface area (Å²) in [6.45, 7) is 8.22. The number of hydrogen-bond donors (Lipinski definition) is 3. The van der Waals surface area contributed by atoms with Gasteiger partial charge in [-0.2, -0.15) is 0 Å². The first kappa shape index (κ1) is 20.8. The van der Waals surface area contributed by atoms with Crippen molar-refractivity contribution in [1.82, 2.24) is 16.0 Å². The molecular weight excluding hydrogens is 302 g/mol. The molecule has 0 bridgehead atoms. The average molecular weight is 340 g/mol. The number of rotatable bonds is 9. The van der Waals surface area contributed by atoms with Crippen LogP contribution in [0.15, 0.2) is 0 Å². The molecule has 1 aliphatic rings. The van der Waals surface area contributed by atoms with Crippen molar-refractivity contribution in [3.8, 4) is 0 Å². The monoisotopic (exact) mass is 339 g/mol. The van der Waals surface area contributed by atoms with Gasteiger partial charge in [-0.25, -0.2) is 4.79 Å². The SMILES string of the molecule is CCCCCCC(C)NC(=O)NC1CCCC(C(=O)NC(C)C)C1. The van der Waals surface area contributed by atoms with E-state index in [9.17, 15) is 9.59 Å².